The summed E-state index contributed by atoms with van der Waals surface area (Å²) in [6.07, 6.45) is 6.02. The molecule has 2 aromatic heterocycles. The number of aryl methyl sites for hydroxylation is 1. The van der Waals surface area contributed by atoms with E-state index < -0.39 is 0 Å². The Morgan fingerprint density at radius 3 is 2.28 bits per heavy atom. The molecule has 0 spiro atoms. The smallest absolute Gasteiger partial charge is 0.354 e. The maximum Gasteiger partial charge on any atom is 0.354 e. The molecule has 8 N–H and O–H groups in total. The Kier molecular flexibility index (Phi) is 13.0. The summed E-state index contributed by atoms with van der Waals surface area (Å²) in [4.78, 5) is 23.9. The molecule has 0 saturated carbocycles. The van der Waals surface area contributed by atoms with E-state index in [1.807, 2.05) is 30.5 Å². The number of aliphatic imine (C=N–C) groups is 1. The highest BCUT2D eigenvalue weighted by molar-refractivity contribution is 5.76. The third-order valence-corrected chi connectivity index (χ3v) is 7.65. The van der Waals surface area contributed by atoms with Gasteiger partial charge in [-0.2, -0.15) is 4.98 Å². The molecule has 0 bridgehead atoms. The number of rotatable bonds is 12. The number of nitrogens with one attached hydrogen (secondary N) is 2. The fourth-order valence-electron chi connectivity index (χ4n) is 4.83. The van der Waals surface area contributed by atoms with Crippen molar-refractivity contribution in [1.82, 2.24) is 19.9 Å². The molecule has 0 unspecified atom stereocenters. The lowest BCUT2D eigenvalue weighted by Crippen LogP contribution is -2.23. The second kappa shape index (κ2) is 16.4. The van der Waals surface area contributed by atoms with Gasteiger partial charge in [0.25, 0.3) is 0 Å². The summed E-state index contributed by atoms with van der Waals surface area (Å²) in [6.45, 7) is 16.0. The van der Waals surface area contributed by atoms with Gasteiger partial charge in [0.05, 0.1) is 12.8 Å². The summed E-state index contributed by atoms with van der Waals surface area (Å²) >= 11 is 0. The number of aromatic amines is 1. The van der Waals surface area contributed by atoms with Crippen LogP contribution in [0.5, 0.6) is 5.75 Å². The van der Waals surface area contributed by atoms with Crippen molar-refractivity contribution in [3.63, 3.8) is 0 Å². The van der Waals surface area contributed by atoms with Crippen molar-refractivity contribution in [2.45, 2.75) is 84.6 Å². The Bertz CT molecular complexity index is 1620. The van der Waals surface area contributed by atoms with Crippen molar-refractivity contribution in [2.24, 2.45) is 22.2 Å². The van der Waals surface area contributed by atoms with Gasteiger partial charge in [-0.05, 0) is 91.2 Å². The number of guanidine groups is 1. The van der Waals surface area contributed by atoms with E-state index in [1.54, 1.807) is 11.7 Å². The fourth-order valence-corrected chi connectivity index (χ4v) is 4.83. The Morgan fingerprint density at radius 1 is 0.957 bits per heavy atom. The number of fused-ring (bicyclic) bond motifs is 1. The molecule has 0 fully saturated rings. The monoisotopic (exact) mass is 630 g/mol. The van der Waals surface area contributed by atoms with Gasteiger partial charge in [0.15, 0.2) is 5.96 Å². The maximum absolute atomic E-state index is 12.5. The molecule has 0 atom stereocenters. The van der Waals surface area contributed by atoms with Gasteiger partial charge in [-0.1, -0.05) is 59.7 Å². The second-order valence-electron chi connectivity index (χ2n) is 13.7. The van der Waals surface area contributed by atoms with Crippen LogP contribution in [0.1, 0.15) is 83.2 Å². The van der Waals surface area contributed by atoms with Crippen molar-refractivity contribution in [3.05, 3.63) is 87.6 Å². The summed E-state index contributed by atoms with van der Waals surface area (Å²) in [5, 5.41) is 4.27. The standard InChI is InChI=1S/C21H29N7O.C15H25NO/c1-21(2,3)17-11-15-13-28(20(29)27-18(15)26-17)16-7-5-14(6-8-16)12-24-9-4-10-25-19(22)23;1-15(2,3)13-9-12(7-5-6-8-16)10-14(11-13)17-4/h5-8,11,13,24H,4,9-10,12H2,1-3H3,(H4,22,23,25)(H,26,27,29);9-11H,5-8,16H2,1-4H3. The Labute approximate surface area is 273 Å². The van der Waals surface area contributed by atoms with Gasteiger partial charge in [-0.3, -0.25) is 9.56 Å². The summed E-state index contributed by atoms with van der Waals surface area (Å²) in [6, 6.07) is 16.5. The predicted octanol–water partition coefficient (Wildman–Crippen LogP) is 5.04. The van der Waals surface area contributed by atoms with Crippen molar-refractivity contribution in [1.29, 1.82) is 0 Å². The van der Waals surface area contributed by atoms with E-state index >= 15 is 0 Å². The first-order chi connectivity index (χ1) is 21.7. The third kappa shape index (κ3) is 11.0. The van der Waals surface area contributed by atoms with E-state index in [0.29, 0.717) is 12.2 Å². The van der Waals surface area contributed by atoms with Crippen LogP contribution in [0.4, 0.5) is 0 Å². The molecule has 2 aromatic carbocycles. The average molecular weight is 631 g/mol. The Hall–Kier alpha value is -4.15. The minimum Gasteiger partial charge on any atom is -0.497 e. The Morgan fingerprint density at radius 2 is 1.67 bits per heavy atom. The van der Waals surface area contributed by atoms with Gasteiger partial charge >= 0.3 is 5.69 Å². The van der Waals surface area contributed by atoms with Crippen molar-refractivity contribution < 1.29 is 4.74 Å². The zero-order valence-corrected chi connectivity index (χ0v) is 28.7. The van der Waals surface area contributed by atoms with Gasteiger partial charge in [0.2, 0.25) is 0 Å². The average Bonchev–Trinajstić information content (AvgIpc) is 3.42. The number of aromatic nitrogens is 3. The molecule has 10 nitrogen and oxygen atoms in total. The van der Waals surface area contributed by atoms with Gasteiger partial charge in [0, 0.05) is 35.8 Å². The first-order valence-corrected chi connectivity index (χ1v) is 16.1. The largest absolute Gasteiger partial charge is 0.497 e. The molecule has 4 aromatic rings. The minimum atomic E-state index is -0.301. The molecule has 46 heavy (non-hydrogen) atoms. The molecule has 0 saturated heterocycles. The zero-order chi connectivity index (χ0) is 33.9. The molecule has 4 rings (SSSR count). The summed E-state index contributed by atoms with van der Waals surface area (Å²) < 4.78 is 6.95. The van der Waals surface area contributed by atoms with E-state index in [9.17, 15) is 4.79 Å². The highest BCUT2D eigenvalue weighted by Crippen LogP contribution is 2.28. The van der Waals surface area contributed by atoms with E-state index in [4.69, 9.17) is 21.9 Å². The first kappa shape index (κ1) is 36.3. The molecule has 0 aliphatic carbocycles. The Balaban J connectivity index is 0.000000289. The number of H-pyrrole nitrogens is 1. The van der Waals surface area contributed by atoms with E-state index in [-0.39, 0.29) is 22.5 Å². The number of unbranched alkanes of at least 4 members (excludes halogenated alkanes) is 1. The molecule has 0 aliphatic rings. The lowest BCUT2D eigenvalue weighted by atomic mass is 9.85. The van der Waals surface area contributed by atoms with Crippen LogP contribution in [0.3, 0.4) is 0 Å². The maximum atomic E-state index is 12.5. The third-order valence-electron chi connectivity index (χ3n) is 7.65. The number of hydrogen-bond acceptors (Lipinski definition) is 6. The van der Waals surface area contributed by atoms with E-state index in [0.717, 1.165) is 73.4 Å². The fraction of sp³-hybridized carbons (Fsp3) is 0.472. The summed E-state index contributed by atoms with van der Waals surface area (Å²) in [5.74, 6) is 1.08. The van der Waals surface area contributed by atoms with Crippen LogP contribution >= 0.6 is 0 Å². The van der Waals surface area contributed by atoms with Crippen LogP contribution in [0.25, 0.3) is 16.7 Å². The van der Waals surface area contributed by atoms with Crippen LogP contribution in [0, 0.1) is 0 Å². The lowest BCUT2D eigenvalue weighted by molar-refractivity contribution is 0.412. The molecule has 2 heterocycles. The van der Waals surface area contributed by atoms with Crippen molar-refractivity contribution >= 4 is 17.0 Å². The van der Waals surface area contributed by atoms with Crippen LogP contribution in [0.2, 0.25) is 0 Å². The van der Waals surface area contributed by atoms with Crippen LogP contribution in [-0.2, 0) is 23.8 Å². The topological polar surface area (TPSA) is 162 Å². The molecular formula is C36H54N8O2. The summed E-state index contributed by atoms with van der Waals surface area (Å²) in [5.41, 5.74) is 22.2. The number of benzene rings is 2. The second-order valence-corrected chi connectivity index (χ2v) is 13.7. The van der Waals surface area contributed by atoms with Crippen LogP contribution in [-0.4, -0.2) is 47.2 Å². The van der Waals surface area contributed by atoms with Gasteiger partial charge in [-0.25, -0.2) is 4.79 Å². The van der Waals surface area contributed by atoms with Gasteiger partial charge in [-0.15, -0.1) is 0 Å². The normalized spacial score (nSPS) is 11.7. The van der Waals surface area contributed by atoms with Crippen LogP contribution in [0.15, 0.2) is 64.5 Å². The van der Waals surface area contributed by atoms with Crippen molar-refractivity contribution in [3.8, 4) is 11.4 Å². The molecule has 0 aliphatic heterocycles. The van der Waals surface area contributed by atoms with Crippen LogP contribution < -0.4 is 32.9 Å². The highest BCUT2D eigenvalue weighted by Gasteiger charge is 2.18. The lowest BCUT2D eigenvalue weighted by Gasteiger charge is -2.21. The molecule has 0 amide bonds. The quantitative estimate of drug-likeness (QED) is 0.0832. The first-order valence-electron chi connectivity index (χ1n) is 16.1. The number of methoxy groups -OCH3 is 1. The molecule has 0 radical (unpaired) electrons. The van der Waals surface area contributed by atoms with E-state index in [1.165, 1.54) is 11.1 Å². The van der Waals surface area contributed by atoms with Crippen molar-refractivity contribution in [2.75, 3.05) is 26.7 Å². The number of ether oxygens (including phenoxy) is 1. The predicted molar refractivity (Wildman–Crippen MR) is 191 cm³/mol. The van der Waals surface area contributed by atoms with Gasteiger partial charge in [0.1, 0.15) is 11.4 Å². The highest BCUT2D eigenvalue weighted by atomic mass is 16.5. The minimum absolute atomic E-state index is 0.0352. The number of hydrogen-bond donors (Lipinski definition) is 5. The SMILES string of the molecule is CC(C)(C)c1cc2cn(-c3ccc(CNCCCN=C(N)N)cc3)c(=O)nc2[nH]1.COc1cc(CCCCN)cc(C(C)(C)C)c1. The molecule has 10 heteroatoms. The molecule has 250 valence electrons. The molecular weight excluding hydrogens is 576 g/mol. The van der Waals surface area contributed by atoms with Gasteiger partial charge < -0.3 is 32.2 Å². The van der Waals surface area contributed by atoms with E-state index in [2.05, 4.69) is 86.1 Å². The number of nitrogens with two attached hydrogens (primary N) is 3. The zero-order valence-electron chi connectivity index (χ0n) is 28.7. The summed E-state index contributed by atoms with van der Waals surface area (Å²) in [7, 11) is 1.73. The number of nitrogens with zero attached hydrogens (tertiary/aromatic N) is 3.